The van der Waals surface area contributed by atoms with E-state index in [1.807, 2.05) is 13.8 Å². The molecule has 4 heterocycles. The predicted molar refractivity (Wildman–Crippen MR) is 105 cm³/mol. The minimum Gasteiger partial charge on any atom is -0.432 e. The van der Waals surface area contributed by atoms with E-state index in [-0.39, 0.29) is 29.0 Å². The van der Waals surface area contributed by atoms with Crippen molar-refractivity contribution in [2.75, 3.05) is 0 Å². The van der Waals surface area contributed by atoms with Gasteiger partial charge in [0.25, 0.3) is 5.69 Å². The monoisotopic (exact) mass is 433 g/mol. The summed E-state index contributed by atoms with van der Waals surface area (Å²) in [4.78, 5) is 34.9. The normalized spacial score (nSPS) is 43.6. The van der Waals surface area contributed by atoms with Gasteiger partial charge in [-0.25, -0.2) is 14.6 Å². The van der Waals surface area contributed by atoms with Gasteiger partial charge < -0.3 is 14.2 Å². The number of carbonyl (C=O) groups excluding carboxylic acids is 1. The number of fused-ring (bicyclic) bond motifs is 2. The summed E-state index contributed by atoms with van der Waals surface area (Å²) in [5.41, 5.74) is -0.577. The van der Waals surface area contributed by atoms with Gasteiger partial charge in [-0.15, -0.1) is 0 Å². The summed E-state index contributed by atoms with van der Waals surface area (Å²) in [6, 6.07) is 5.33. The van der Waals surface area contributed by atoms with Gasteiger partial charge in [-0.3, -0.25) is 10.1 Å². The number of hydrogen-bond donors (Lipinski definition) is 0. The molecule has 1 saturated carbocycles. The highest BCUT2D eigenvalue weighted by atomic mass is 17.3. The Labute approximate surface area is 180 Å². The lowest BCUT2D eigenvalue weighted by Crippen LogP contribution is -2.70. The molecule has 4 saturated heterocycles. The predicted octanol–water partition coefficient (Wildman–Crippen LogP) is 3.96. The van der Waals surface area contributed by atoms with Crippen LogP contribution in [-0.2, 0) is 24.0 Å². The molecule has 0 amide bonds. The van der Waals surface area contributed by atoms with Gasteiger partial charge in [0, 0.05) is 30.4 Å². The van der Waals surface area contributed by atoms with Crippen LogP contribution in [0.25, 0.3) is 0 Å². The molecule has 9 nitrogen and oxygen atoms in total. The lowest BCUT2D eigenvalue weighted by molar-refractivity contribution is -0.576. The number of benzene rings is 1. The van der Waals surface area contributed by atoms with E-state index >= 15 is 0 Å². The van der Waals surface area contributed by atoms with E-state index in [0.29, 0.717) is 12.3 Å². The average Bonchev–Trinajstić information content (AvgIpc) is 2.98. The lowest BCUT2D eigenvalue weighted by Gasteiger charge is -2.59. The van der Waals surface area contributed by atoms with Crippen molar-refractivity contribution < 1.29 is 33.7 Å². The van der Waals surface area contributed by atoms with Gasteiger partial charge in [0.05, 0.1) is 10.5 Å². The molecule has 1 aromatic carbocycles. The maximum atomic E-state index is 12.7. The molecule has 168 valence electrons. The topological polar surface area (TPSA) is 106 Å². The first-order valence-corrected chi connectivity index (χ1v) is 10.9. The zero-order valence-electron chi connectivity index (χ0n) is 17.8. The van der Waals surface area contributed by atoms with Crippen LogP contribution in [0.2, 0.25) is 0 Å². The second-order valence-corrected chi connectivity index (χ2v) is 9.48. The molecule has 0 radical (unpaired) electrons. The molecule has 6 rings (SSSR count). The maximum absolute atomic E-state index is 12.7. The van der Waals surface area contributed by atoms with Crippen LogP contribution in [0.4, 0.5) is 5.69 Å². The molecule has 1 spiro atoms. The van der Waals surface area contributed by atoms with Gasteiger partial charge in [-0.05, 0) is 50.2 Å². The molecular weight excluding hydrogens is 406 g/mol. The Balaban J connectivity index is 1.40. The smallest absolute Gasteiger partial charge is 0.340 e. The van der Waals surface area contributed by atoms with Crippen molar-refractivity contribution in [2.45, 2.75) is 70.4 Å². The summed E-state index contributed by atoms with van der Waals surface area (Å²) in [5.74, 6) is -0.903. The summed E-state index contributed by atoms with van der Waals surface area (Å²) in [5, 5.41) is 10.8. The first-order chi connectivity index (χ1) is 14.7. The van der Waals surface area contributed by atoms with Crippen molar-refractivity contribution in [3.63, 3.8) is 0 Å². The SMILES string of the molecule is C[C@H]1C(OC(=O)c2ccc([N+](=O)[O-])cc2)O[C@@H]2OC3(C)CCC4[C@H](C)CCC1[C@]42OO3. The fourth-order valence-corrected chi connectivity index (χ4v) is 5.90. The fraction of sp³-hybridized carbons (Fsp3) is 0.682. The first-order valence-electron chi connectivity index (χ1n) is 10.9. The average molecular weight is 433 g/mol. The van der Waals surface area contributed by atoms with Gasteiger partial charge in [0.2, 0.25) is 12.1 Å². The zero-order valence-corrected chi connectivity index (χ0v) is 17.8. The van der Waals surface area contributed by atoms with Crippen molar-refractivity contribution in [3.05, 3.63) is 39.9 Å². The van der Waals surface area contributed by atoms with Crippen LogP contribution in [0.15, 0.2) is 24.3 Å². The van der Waals surface area contributed by atoms with Crippen molar-refractivity contribution in [1.82, 2.24) is 0 Å². The minimum absolute atomic E-state index is 0.0461. The molecule has 8 atom stereocenters. The summed E-state index contributed by atoms with van der Waals surface area (Å²) in [7, 11) is 0. The van der Waals surface area contributed by atoms with Gasteiger partial charge in [-0.2, -0.15) is 0 Å². The zero-order chi connectivity index (χ0) is 22.0. The number of non-ortho nitro benzene ring substituents is 1. The molecule has 0 aromatic heterocycles. The molecule has 9 heteroatoms. The Hall–Kier alpha value is -2.07. The van der Waals surface area contributed by atoms with Gasteiger partial charge >= 0.3 is 5.97 Å². The lowest BCUT2D eigenvalue weighted by atomic mass is 9.58. The van der Waals surface area contributed by atoms with E-state index in [1.54, 1.807) is 0 Å². The quantitative estimate of drug-likeness (QED) is 0.305. The molecule has 4 aliphatic heterocycles. The molecule has 5 fully saturated rings. The van der Waals surface area contributed by atoms with E-state index < -0.39 is 34.9 Å². The van der Waals surface area contributed by atoms with Crippen molar-refractivity contribution in [2.24, 2.45) is 23.7 Å². The van der Waals surface area contributed by atoms with Crippen molar-refractivity contribution >= 4 is 11.7 Å². The van der Waals surface area contributed by atoms with Crippen LogP contribution >= 0.6 is 0 Å². The number of ether oxygens (including phenoxy) is 3. The van der Waals surface area contributed by atoms with Crippen molar-refractivity contribution in [3.8, 4) is 0 Å². The Kier molecular flexibility index (Phi) is 4.85. The highest BCUT2D eigenvalue weighted by Crippen LogP contribution is 2.60. The number of carbonyl (C=O) groups is 1. The van der Waals surface area contributed by atoms with Crippen LogP contribution in [0.3, 0.4) is 0 Å². The molecule has 4 unspecified atom stereocenters. The van der Waals surface area contributed by atoms with E-state index in [9.17, 15) is 14.9 Å². The number of hydrogen-bond acceptors (Lipinski definition) is 8. The van der Waals surface area contributed by atoms with Gasteiger partial charge in [0.15, 0.2) is 11.9 Å². The van der Waals surface area contributed by atoms with Crippen molar-refractivity contribution in [1.29, 1.82) is 0 Å². The molecule has 5 aliphatic rings. The van der Waals surface area contributed by atoms with Crippen LogP contribution in [0.1, 0.15) is 56.8 Å². The third-order valence-corrected chi connectivity index (χ3v) is 7.63. The summed E-state index contributed by atoms with van der Waals surface area (Å²) < 4.78 is 18.2. The standard InChI is InChI=1S/C22H27NO8/c1-12-4-9-17-13(2)19(27-18(24)14-5-7-15(8-6-14)23(25)26)28-20-22(17)16(12)10-11-21(3,29-20)30-31-22/h5-8,12-13,16-17,19-20H,4,9-11H2,1-3H3/t12-,13-,16?,17?,19?,20-,21?,22-/m1/s1. The molecular formula is C22H27NO8. The summed E-state index contributed by atoms with van der Waals surface area (Å²) >= 11 is 0. The second-order valence-electron chi connectivity index (χ2n) is 9.48. The number of esters is 1. The maximum Gasteiger partial charge on any atom is 0.340 e. The number of rotatable bonds is 3. The summed E-state index contributed by atoms with van der Waals surface area (Å²) in [6.07, 6.45) is 2.07. The summed E-state index contributed by atoms with van der Waals surface area (Å²) in [6.45, 7) is 6.08. The van der Waals surface area contributed by atoms with Crippen LogP contribution in [0, 0.1) is 33.8 Å². The van der Waals surface area contributed by atoms with E-state index in [2.05, 4.69) is 6.92 Å². The second kappa shape index (κ2) is 7.23. The third-order valence-electron chi connectivity index (χ3n) is 7.63. The van der Waals surface area contributed by atoms with E-state index in [4.69, 9.17) is 24.0 Å². The molecule has 0 N–H and O–H groups in total. The molecule has 1 aromatic rings. The minimum atomic E-state index is -0.898. The Morgan fingerprint density at radius 3 is 2.58 bits per heavy atom. The van der Waals surface area contributed by atoms with Crippen LogP contribution in [0.5, 0.6) is 0 Å². The highest BCUT2D eigenvalue weighted by Gasteiger charge is 2.69. The van der Waals surface area contributed by atoms with Gasteiger partial charge in [-0.1, -0.05) is 13.8 Å². The molecule has 31 heavy (non-hydrogen) atoms. The first kappa shape index (κ1) is 20.8. The Bertz CT molecular complexity index is 890. The third kappa shape index (κ3) is 3.17. The number of nitro groups is 1. The van der Waals surface area contributed by atoms with Crippen LogP contribution in [-0.4, -0.2) is 34.9 Å². The number of nitro benzene ring substituents is 1. The van der Waals surface area contributed by atoms with E-state index in [1.165, 1.54) is 24.3 Å². The fourth-order valence-electron chi connectivity index (χ4n) is 5.90. The Morgan fingerprint density at radius 2 is 1.87 bits per heavy atom. The highest BCUT2D eigenvalue weighted by molar-refractivity contribution is 5.89. The largest absolute Gasteiger partial charge is 0.432 e. The Morgan fingerprint density at radius 1 is 1.13 bits per heavy atom. The van der Waals surface area contributed by atoms with Gasteiger partial charge in [0.1, 0.15) is 0 Å². The molecule has 2 bridgehead atoms. The van der Waals surface area contributed by atoms with Crippen LogP contribution < -0.4 is 0 Å². The number of nitrogens with zero attached hydrogens (tertiary/aromatic N) is 1. The van der Waals surface area contributed by atoms with E-state index in [0.717, 1.165) is 19.3 Å². The molecule has 1 aliphatic carbocycles.